The molecule has 0 spiro atoms. The second kappa shape index (κ2) is 5.87. The molecule has 1 aliphatic heterocycles. The van der Waals surface area contributed by atoms with Crippen molar-refractivity contribution in [3.63, 3.8) is 0 Å². The van der Waals surface area contributed by atoms with E-state index in [2.05, 4.69) is 17.4 Å². The molecular weight excluding hydrogens is 234 g/mol. The molecule has 2 nitrogen and oxygen atoms in total. The fourth-order valence-corrected chi connectivity index (χ4v) is 3.60. The topological polar surface area (TPSA) is 29.1 Å². The van der Waals surface area contributed by atoms with Gasteiger partial charge in [0.25, 0.3) is 0 Å². The van der Waals surface area contributed by atoms with Crippen LogP contribution in [0.25, 0.3) is 0 Å². The molecule has 1 aromatic carbocycles. The molecule has 102 valence electrons. The Balaban J connectivity index is 1.84. The van der Waals surface area contributed by atoms with Crippen molar-refractivity contribution in [1.29, 1.82) is 0 Å². The molecule has 1 heterocycles. The molecule has 1 N–H and O–H groups in total. The molecule has 1 aromatic rings. The average molecular weight is 257 g/mol. The first-order chi connectivity index (χ1) is 9.36. The first kappa shape index (κ1) is 12.9. The SMILES string of the molecule is O=C1c2ccccc2CCC[C@@H]1[C@H]1CCCCCN1. The number of hydrogen-bond acceptors (Lipinski definition) is 2. The number of carbonyl (C=O) groups is 1. The van der Waals surface area contributed by atoms with Gasteiger partial charge >= 0.3 is 0 Å². The van der Waals surface area contributed by atoms with Crippen LogP contribution in [-0.4, -0.2) is 18.4 Å². The van der Waals surface area contributed by atoms with Crippen molar-refractivity contribution < 1.29 is 4.79 Å². The zero-order valence-electron chi connectivity index (χ0n) is 11.5. The maximum atomic E-state index is 12.8. The van der Waals surface area contributed by atoms with Gasteiger partial charge in [0.2, 0.25) is 0 Å². The van der Waals surface area contributed by atoms with E-state index in [-0.39, 0.29) is 5.92 Å². The van der Waals surface area contributed by atoms with Gasteiger partial charge in [0.05, 0.1) is 0 Å². The van der Waals surface area contributed by atoms with Crippen molar-refractivity contribution in [2.24, 2.45) is 5.92 Å². The van der Waals surface area contributed by atoms with Crippen LogP contribution in [0.2, 0.25) is 0 Å². The second-order valence-corrected chi connectivity index (χ2v) is 5.93. The number of fused-ring (bicyclic) bond motifs is 1. The van der Waals surface area contributed by atoms with Gasteiger partial charge in [-0.25, -0.2) is 0 Å². The molecule has 0 saturated carbocycles. The minimum atomic E-state index is 0.196. The Morgan fingerprint density at radius 3 is 2.84 bits per heavy atom. The lowest BCUT2D eigenvalue weighted by atomic mass is 9.86. The second-order valence-electron chi connectivity index (χ2n) is 5.93. The summed E-state index contributed by atoms with van der Waals surface area (Å²) in [5, 5.41) is 3.62. The number of benzene rings is 1. The molecule has 2 atom stereocenters. The summed E-state index contributed by atoms with van der Waals surface area (Å²) in [5.41, 5.74) is 2.24. The van der Waals surface area contributed by atoms with Crippen LogP contribution in [0.5, 0.6) is 0 Å². The molecule has 0 amide bonds. The zero-order chi connectivity index (χ0) is 13.1. The van der Waals surface area contributed by atoms with E-state index in [1.54, 1.807) is 0 Å². The predicted octanol–water partition coefficient (Wildman–Crippen LogP) is 3.35. The minimum Gasteiger partial charge on any atom is -0.313 e. The number of rotatable bonds is 1. The molecule has 2 heteroatoms. The lowest BCUT2D eigenvalue weighted by Crippen LogP contribution is -2.39. The Morgan fingerprint density at radius 1 is 1.00 bits per heavy atom. The molecule has 19 heavy (non-hydrogen) atoms. The lowest BCUT2D eigenvalue weighted by molar-refractivity contribution is 0.0881. The third-order valence-corrected chi connectivity index (χ3v) is 4.66. The van der Waals surface area contributed by atoms with Gasteiger partial charge in [-0.15, -0.1) is 0 Å². The Hall–Kier alpha value is -1.15. The van der Waals surface area contributed by atoms with Gasteiger partial charge in [-0.3, -0.25) is 4.79 Å². The molecule has 0 bridgehead atoms. The third kappa shape index (κ3) is 2.74. The van der Waals surface area contributed by atoms with Crippen molar-refractivity contribution in [3.05, 3.63) is 35.4 Å². The van der Waals surface area contributed by atoms with Crippen LogP contribution < -0.4 is 5.32 Å². The van der Waals surface area contributed by atoms with Crippen LogP contribution >= 0.6 is 0 Å². The minimum absolute atomic E-state index is 0.196. The van der Waals surface area contributed by atoms with Crippen LogP contribution in [0.3, 0.4) is 0 Å². The lowest BCUT2D eigenvalue weighted by Gasteiger charge is -2.25. The van der Waals surface area contributed by atoms with E-state index in [0.717, 1.165) is 31.4 Å². The van der Waals surface area contributed by atoms with E-state index in [4.69, 9.17) is 0 Å². The summed E-state index contributed by atoms with van der Waals surface area (Å²) >= 11 is 0. The first-order valence-electron chi connectivity index (χ1n) is 7.72. The maximum Gasteiger partial charge on any atom is 0.167 e. The van der Waals surface area contributed by atoms with Crippen molar-refractivity contribution in [2.75, 3.05) is 6.54 Å². The summed E-state index contributed by atoms with van der Waals surface area (Å²) in [6, 6.07) is 8.60. The Bertz CT molecular complexity index is 446. The van der Waals surface area contributed by atoms with Crippen molar-refractivity contribution >= 4 is 5.78 Å². The van der Waals surface area contributed by atoms with Gasteiger partial charge in [-0.2, -0.15) is 0 Å². The molecule has 2 aliphatic rings. The molecule has 0 radical (unpaired) electrons. The van der Waals surface area contributed by atoms with Crippen molar-refractivity contribution in [3.8, 4) is 0 Å². The van der Waals surface area contributed by atoms with Gasteiger partial charge in [-0.05, 0) is 44.2 Å². The Labute approximate surface area is 115 Å². The van der Waals surface area contributed by atoms with E-state index in [9.17, 15) is 4.79 Å². The van der Waals surface area contributed by atoms with Crippen LogP contribution in [0.4, 0.5) is 0 Å². The first-order valence-corrected chi connectivity index (χ1v) is 7.72. The maximum absolute atomic E-state index is 12.8. The highest BCUT2D eigenvalue weighted by Gasteiger charge is 2.31. The number of Topliss-reactive ketones (excluding diaryl/α,β-unsaturated/α-hetero) is 1. The Morgan fingerprint density at radius 2 is 1.89 bits per heavy atom. The average Bonchev–Trinajstić information content (AvgIpc) is 2.79. The molecule has 0 aromatic heterocycles. The van der Waals surface area contributed by atoms with Gasteiger partial charge in [0.1, 0.15) is 0 Å². The quantitative estimate of drug-likeness (QED) is 0.782. The predicted molar refractivity (Wildman–Crippen MR) is 77.5 cm³/mol. The number of ketones is 1. The normalized spacial score (nSPS) is 28.3. The van der Waals surface area contributed by atoms with E-state index in [1.807, 2.05) is 12.1 Å². The molecule has 1 aliphatic carbocycles. The summed E-state index contributed by atoms with van der Waals surface area (Å²) in [4.78, 5) is 12.8. The summed E-state index contributed by atoms with van der Waals surface area (Å²) in [5.74, 6) is 0.578. The van der Waals surface area contributed by atoms with Crippen molar-refractivity contribution in [2.45, 2.75) is 51.0 Å². The molecule has 0 unspecified atom stereocenters. The summed E-state index contributed by atoms with van der Waals surface area (Å²) in [7, 11) is 0. The van der Waals surface area contributed by atoms with Crippen LogP contribution in [0, 0.1) is 5.92 Å². The number of nitrogens with one attached hydrogen (secondary N) is 1. The molecule has 1 fully saturated rings. The van der Waals surface area contributed by atoms with Crippen molar-refractivity contribution in [1.82, 2.24) is 5.32 Å². The fourth-order valence-electron chi connectivity index (χ4n) is 3.60. The van der Waals surface area contributed by atoms with E-state index in [0.29, 0.717) is 11.8 Å². The van der Waals surface area contributed by atoms with Crippen LogP contribution in [-0.2, 0) is 6.42 Å². The molecule has 1 saturated heterocycles. The standard InChI is InChI=1S/C17H23NO/c19-17-14-9-4-3-7-13(14)8-6-10-15(17)16-11-2-1-5-12-18-16/h3-4,7,9,15-16,18H,1-2,5-6,8,10-12H2/t15-,16-/m1/s1. The highest BCUT2D eigenvalue weighted by Crippen LogP contribution is 2.29. The fraction of sp³-hybridized carbons (Fsp3) is 0.588. The summed E-state index contributed by atoms with van der Waals surface area (Å²) in [6.45, 7) is 1.08. The number of aryl methyl sites for hydroxylation is 1. The Kier molecular flexibility index (Phi) is 3.97. The van der Waals surface area contributed by atoms with Gasteiger partial charge < -0.3 is 5.32 Å². The van der Waals surface area contributed by atoms with Crippen LogP contribution in [0.15, 0.2) is 24.3 Å². The number of carbonyl (C=O) groups excluding carboxylic acids is 1. The van der Waals surface area contributed by atoms with E-state index in [1.165, 1.54) is 31.2 Å². The highest BCUT2D eigenvalue weighted by atomic mass is 16.1. The zero-order valence-corrected chi connectivity index (χ0v) is 11.5. The van der Waals surface area contributed by atoms with Gasteiger partial charge in [-0.1, -0.05) is 37.1 Å². The largest absolute Gasteiger partial charge is 0.313 e. The molecule has 3 rings (SSSR count). The monoisotopic (exact) mass is 257 g/mol. The van der Waals surface area contributed by atoms with E-state index < -0.39 is 0 Å². The summed E-state index contributed by atoms with van der Waals surface area (Å²) < 4.78 is 0. The number of hydrogen-bond donors (Lipinski definition) is 1. The summed E-state index contributed by atoms with van der Waals surface area (Å²) in [6.07, 6.45) is 8.25. The van der Waals surface area contributed by atoms with Gasteiger partial charge in [0, 0.05) is 17.5 Å². The van der Waals surface area contributed by atoms with E-state index >= 15 is 0 Å². The van der Waals surface area contributed by atoms with Gasteiger partial charge in [0.15, 0.2) is 5.78 Å². The third-order valence-electron chi connectivity index (χ3n) is 4.66. The van der Waals surface area contributed by atoms with Crippen LogP contribution in [0.1, 0.15) is 54.4 Å². The smallest absolute Gasteiger partial charge is 0.167 e. The highest BCUT2D eigenvalue weighted by molar-refractivity contribution is 6.00. The molecular formula is C17H23NO.